The molecule has 8 heteroatoms. The Balaban J connectivity index is 2.73. The van der Waals surface area contributed by atoms with E-state index in [1.807, 2.05) is 0 Å². The Morgan fingerprint density at radius 1 is 1.47 bits per heavy atom. The van der Waals surface area contributed by atoms with Gasteiger partial charge >= 0.3 is 5.97 Å². The number of nitrogens with zero attached hydrogens (tertiary/aromatic N) is 1. The van der Waals surface area contributed by atoms with E-state index in [9.17, 15) is 19.7 Å². The first-order valence-electron chi connectivity index (χ1n) is 5.24. The molecule has 0 spiro atoms. The van der Waals surface area contributed by atoms with Gasteiger partial charge in [-0.1, -0.05) is 0 Å². The highest BCUT2D eigenvalue weighted by molar-refractivity contribution is 9.10. The fourth-order valence-electron chi connectivity index (χ4n) is 1.28. The number of ether oxygens (including phenoxy) is 1. The molecular weight excluding hydrogens is 320 g/mol. The van der Waals surface area contributed by atoms with Crippen LogP contribution in [0.3, 0.4) is 0 Å². The Morgan fingerprint density at radius 3 is 2.74 bits per heavy atom. The van der Waals surface area contributed by atoms with Crippen LogP contribution in [0.25, 0.3) is 0 Å². The highest BCUT2D eigenvalue weighted by Gasteiger charge is 2.15. The van der Waals surface area contributed by atoms with Crippen molar-refractivity contribution in [3.8, 4) is 0 Å². The fourth-order valence-corrected chi connectivity index (χ4v) is 1.70. The second kappa shape index (κ2) is 6.83. The van der Waals surface area contributed by atoms with Gasteiger partial charge in [0.1, 0.15) is 0 Å². The average Bonchev–Trinajstić information content (AvgIpc) is 2.38. The highest BCUT2D eigenvalue weighted by atomic mass is 79.9. The number of esters is 1. The molecule has 0 aliphatic heterocycles. The van der Waals surface area contributed by atoms with E-state index in [0.717, 1.165) is 6.07 Å². The zero-order valence-corrected chi connectivity index (χ0v) is 11.6. The third-order valence-corrected chi connectivity index (χ3v) is 2.94. The number of benzene rings is 1. The van der Waals surface area contributed by atoms with Gasteiger partial charge in [-0.2, -0.15) is 0 Å². The van der Waals surface area contributed by atoms with E-state index in [1.54, 1.807) is 0 Å². The number of nitro benzene ring substituents is 1. The zero-order chi connectivity index (χ0) is 14.4. The Hall–Kier alpha value is -1.96. The van der Waals surface area contributed by atoms with Crippen LogP contribution in [0.4, 0.5) is 5.69 Å². The lowest BCUT2D eigenvalue weighted by atomic mass is 10.2. The molecule has 0 radical (unpaired) electrons. The molecule has 102 valence electrons. The molecule has 0 aliphatic carbocycles. The number of halogens is 1. The van der Waals surface area contributed by atoms with Gasteiger partial charge in [0.05, 0.1) is 24.0 Å². The summed E-state index contributed by atoms with van der Waals surface area (Å²) in [6, 6.07) is 3.88. The molecular formula is C11H11BrN2O5. The van der Waals surface area contributed by atoms with Crippen molar-refractivity contribution < 1.29 is 19.2 Å². The molecule has 7 nitrogen and oxygen atoms in total. The number of non-ortho nitro benzene ring substituents is 1. The quantitative estimate of drug-likeness (QED) is 0.502. The number of carbonyl (C=O) groups is 2. The van der Waals surface area contributed by atoms with Crippen molar-refractivity contribution in [1.29, 1.82) is 0 Å². The fraction of sp³-hybridized carbons (Fsp3) is 0.273. The van der Waals surface area contributed by atoms with Crippen molar-refractivity contribution in [2.24, 2.45) is 0 Å². The second-order valence-electron chi connectivity index (χ2n) is 3.50. The van der Waals surface area contributed by atoms with Crippen LogP contribution in [0.15, 0.2) is 22.7 Å². The molecule has 0 saturated carbocycles. The van der Waals surface area contributed by atoms with Crippen LogP contribution in [0.1, 0.15) is 16.8 Å². The third kappa shape index (κ3) is 4.32. The van der Waals surface area contributed by atoms with Crippen LogP contribution in [0, 0.1) is 10.1 Å². The number of hydrogen-bond acceptors (Lipinski definition) is 5. The van der Waals surface area contributed by atoms with Crippen molar-refractivity contribution in [2.75, 3.05) is 13.7 Å². The maximum atomic E-state index is 11.8. The van der Waals surface area contributed by atoms with Crippen LogP contribution in [-0.2, 0) is 9.53 Å². The lowest BCUT2D eigenvalue weighted by Crippen LogP contribution is -2.26. The summed E-state index contributed by atoms with van der Waals surface area (Å²) >= 11 is 3.14. The van der Waals surface area contributed by atoms with Crippen molar-refractivity contribution in [3.63, 3.8) is 0 Å². The first-order valence-corrected chi connectivity index (χ1v) is 6.04. The monoisotopic (exact) mass is 330 g/mol. The number of rotatable bonds is 5. The first kappa shape index (κ1) is 15.1. The largest absolute Gasteiger partial charge is 0.469 e. The summed E-state index contributed by atoms with van der Waals surface area (Å²) in [4.78, 5) is 32.7. The molecule has 0 aliphatic rings. The van der Waals surface area contributed by atoms with Crippen LogP contribution in [-0.4, -0.2) is 30.5 Å². The third-order valence-electron chi connectivity index (χ3n) is 2.25. The molecule has 0 heterocycles. The van der Waals surface area contributed by atoms with Crippen molar-refractivity contribution in [3.05, 3.63) is 38.3 Å². The maximum absolute atomic E-state index is 11.8. The molecule has 0 unspecified atom stereocenters. The van der Waals surface area contributed by atoms with Gasteiger partial charge in [0, 0.05) is 23.2 Å². The lowest BCUT2D eigenvalue weighted by molar-refractivity contribution is -0.384. The molecule has 0 bridgehead atoms. The Kier molecular flexibility index (Phi) is 5.43. The molecule has 0 aromatic heterocycles. The Labute approximate surface area is 117 Å². The number of nitro groups is 1. The SMILES string of the molecule is COC(=O)CCNC(=O)c1cc([N+](=O)[O-])ccc1Br. The molecule has 1 rings (SSSR count). The molecule has 1 amide bonds. The molecule has 0 fully saturated rings. The molecule has 0 saturated heterocycles. The Morgan fingerprint density at radius 2 is 2.16 bits per heavy atom. The maximum Gasteiger partial charge on any atom is 0.307 e. The van der Waals surface area contributed by atoms with E-state index in [-0.39, 0.29) is 24.2 Å². The van der Waals surface area contributed by atoms with Gasteiger partial charge in [-0.3, -0.25) is 19.7 Å². The number of methoxy groups -OCH3 is 1. The Bertz CT molecular complexity index is 518. The number of hydrogen-bond donors (Lipinski definition) is 1. The molecule has 19 heavy (non-hydrogen) atoms. The summed E-state index contributed by atoms with van der Waals surface area (Å²) in [5, 5.41) is 13.1. The summed E-state index contributed by atoms with van der Waals surface area (Å²) in [7, 11) is 1.25. The van der Waals surface area contributed by atoms with E-state index < -0.39 is 16.8 Å². The molecule has 1 aromatic rings. The minimum absolute atomic E-state index is 0.0365. The van der Waals surface area contributed by atoms with Crippen molar-refractivity contribution in [2.45, 2.75) is 6.42 Å². The number of amides is 1. The smallest absolute Gasteiger partial charge is 0.307 e. The van der Waals surface area contributed by atoms with Gasteiger partial charge in [0.25, 0.3) is 11.6 Å². The van der Waals surface area contributed by atoms with E-state index in [2.05, 4.69) is 26.0 Å². The highest BCUT2D eigenvalue weighted by Crippen LogP contribution is 2.22. The average molecular weight is 331 g/mol. The molecule has 1 N–H and O–H groups in total. The first-order chi connectivity index (χ1) is 8.95. The van der Waals surface area contributed by atoms with E-state index in [0.29, 0.717) is 4.47 Å². The van der Waals surface area contributed by atoms with E-state index in [1.165, 1.54) is 19.2 Å². The van der Waals surface area contributed by atoms with E-state index >= 15 is 0 Å². The summed E-state index contributed by atoms with van der Waals surface area (Å²) in [6.45, 7) is 0.0979. The van der Waals surface area contributed by atoms with Crippen LogP contribution >= 0.6 is 15.9 Å². The summed E-state index contributed by atoms with van der Waals surface area (Å²) in [6.07, 6.45) is 0.0365. The topological polar surface area (TPSA) is 98.5 Å². The van der Waals surface area contributed by atoms with Crippen LogP contribution in [0.5, 0.6) is 0 Å². The van der Waals surface area contributed by atoms with Gasteiger partial charge < -0.3 is 10.1 Å². The van der Waals surface area contributed by atoms with Crippen LogP contribution in [0.2, 0.25) is 0 Å². The van der Waals surface area contributed by atoms with Gasteiger partial charge in [0.15, 0.2) is 0 Å². The van der Waals surface area contributed by atoms with Gasteiger partial charge in [0.2, 0.25) is 0 Å². The van der Waals surface area contributed by atoms with Crippen molar-refractivity contribution in [1.82, 2.24) is 5.32 Å². The van der Waals surface area contributed by atoms with Gasteiger partial charge in [-0.05, 0) is 22.0 Å². The minimum Gasteiger partial charge on any atom is -0.469 e. The predicted octanol–water partition coefficient (Wildman–Crippen LogP) is 1.65. The number of nitrogens with one attached hydrogen (secondary N) is 1. The minimum atomic E-state index is -0.586. The standard InChI is InChI=1S/C11H11BrN2O5/c1-19-10(15)4-5-13-11(16)8-6-7(14(17)18)2-3-9(8)12/h2-3,6H,4-5H2,1H3,(H,13,16). The number of carbonyl (C=O) groups excluding carboxylic acids is 2. The summed E-state index contributed by atoms with van der Waals surface area (Å²) < 4.78 is 4.86. The molecule has 1 aromatic carbocycles. The van der Waals surface area contributed by atoms with E-state index in [4.69, 9.17) is 0 Å². The van der Waals surface area contributed by atoms with Crippen LogP contribution < -0.4 is 5.32 Å². The predicted molar refractivity (Wildman–Crippen MR) is 69.8 cm³/mol. The normalized spacial score (nSPS) is 9.79. The van der Waals surface area contributed by atoms with Gasteiger partial charge in [-0.25, -0.2) is 0 Å². The zero-order valence-electron chi connectivity index (χ0n) is 10.0. The lowest BCUT2D eigenvalue weighted by Gasteiger charge is -2.06. The summed E-state index contributed by atoms with van der Waals surface area (Å²) in [5.41, 5.74) is -0.0413. The second-order valence-corrected chi connectivity index (χ2v) is 4.36. The van der Waals surface area contributed by atoms with Crippen molar-refractivity contribution >= 4 is 33.5 Å². The molecule has 0 atom stereocenters. The summed E-state index contributed by atoms with van der Waals surface area (Å²) in [5.74, 6) is -0.946. The van der Waals surface area contributed by atoms with Gasteiger partial charge in [-0.15, -0.1) is 0 Å².